The van der Waals surface area contributed by atoms with Crippen molar-refractivity contribution in [3.8, 4) is 5.75 Å². The second kappa shape index (κ2) is 4.56. The molecule has 0 N–H and O–H groups in total. The maximum absolute atomic E-state index is 5.82. The zero-order chi connectivity index (χ0) is 9.90. The average molecular weight is 256 g/mol. The molecule has 0 radical (unpaired) electrons. The first kappa shape index (κ1) is 11.2. The quantitative estimate of drug-likeness (QED) is 0.596. The van der Waals surface area contributed by atoms with Crippen molar-refractivity contribution in [2.24, 2.45) is 0 Å². The van der Waals surface area contributed by atoms with Gasteiger partial charge in [-0.15, -0.1) is 33.2 Å². The molecule has 0 aliphatic rings. The van der Waals surface area contributed by atoms with Crippen molar-refractivity contribution >= 4 is 44.4 Å². The number of benzene rings is 1. The predicted octanol–water partition coefficient (Wildman–Crippen LogP) is 2.95. The van der Waals surface area contributed by atoms with E-state index in [4.69, 9.17) is 38.0 Å². The molecule has 0 bridgehead atoms. The first-order valence-electron chi connectivity index (χ1n) is 3.84. The van der Waals surface area contributed by atoms with Gasteiger partial charge in [0.05, 0.1) is 6.61 Å². The third kappa shape index (κ3) is 3.39. The molecule has 0 aromatic heterocycles. The molecule has 0 aliphatic heterocycles. The van der Waals surface area contributed by atoms with Crippen molar-refractivity contribution in [2.75, 3.05) is 6.61 Å². The lowest BCUT2D eigenvalue weighted by Crippen LogP contribution is -2.29. The van der Waals surface area contributed by atoms with Crippen LogP contribution in [0.3, 0.4) is 0 Å². The van der Waals surface area contributed by atoms with Gasteiger partial charge in [0.2, 0.25) is 0 Å². The van der Waals surface area contributed by atoms with E-state index in [0.29, 0.717) is 6.61 Å². The summed E-state index contributed by atoms with van der Waals surface area (Å²) < 4.78 is 5.26. The van der Waals surface area contributed by atoms with Gasteiger partial charge in [-0.3, -0.25) is 0 Å². The first-order chi connectivity index (χ1) is 6.04. The molecule has 0 aliphatic carbocycles. The Morgan fingerprint density at radius 2 is 1.69 bits per heavy atom. The highest BCUT2D eigenvalue weighted by Gasteiger charge is 2.27. The molecule has 0 unspecified atom stereocenters. The zero-order valence-corrected chi connectivity index (χ0v) is 10.3. The number of hydrogen-bond acceptors (Lipinski definition) is 1. The summed E-state index contributed by atoms with van der Waals surface area (Å²) in [6.45, 7) is 2.57. The van der Waals surface area contributed by atoms with Crippen LogP contribution in [-0.4, -0.2) is 12.6 Å². The van der Waals surface area contributed by atoms with Crippen LogP contribution in [0.15, 0.2) is 24.3 Å². The predicted molar refractivity (Wildman–Crippen MR) is 60.6 cm³/mol. The van der Waals surface area contributed by atoms with Crippen molar-refractivity contribution in [2.45, 2.75) is 6.92 Å². The fourth-order valence-electron chi connectivity index (χ4n) is 0.907. The molecule has 5 heteroatoms. The smallest absolute Gasteiger partial charge is 0.372 e. The van der Waals surface area contributed by atoms with Crippen LogP contribution in [0, 0.1) is 0 Å². The van der Waals surface area contributed by atoms with E-state index in [9.17, 15) is 0 Å². The van der Waals surface area contributed by atoms with E-state index in [1.54, 1.807) is 12.1 Å². The Hall–Kier alpha value is 0.107. The van der Waals surface area contributed by atoms with Crippen molar-refractivity contribution in [1.82, 2.24) is 0 Å². The van der Waals surface area contributed by atoms with Crippen LogP contribution >= 0.6 is 33.2 Å². The highest BCUT2D eigenvalue weighted by Crippen LogP contribution is 2.20. The second-order valence-corrected chi connectivity index (χ2v) is 10.9. The summed E-state index contributed by atoms with van der Waals surface area (Å²) in [5.41, 5.74) is 0. The number of rotatable bonds is 3. The largest absolute Gasteiger partial charge is 0.494 e. The minimum absolute atomic E-state index is 0.643. The third-order valence-corrected chi connectivity index (χ3v) is 4.44. The SMILES string of the molecule is CCOc1ccc([Si](Cl)(Cl)Cl)cc1. The van der Waals surface area contributed by atoms with Crippen LogP contribution in [0.1, 0.15) is 6.92 Å². The zero-order valence-electron chi connectivity index (χ0n) is 7.06. The molecule has 0 spiro atoms. The highest BCUT2D eigenvalue weighted by molar-refractivity contribution is 7.69. The van der Waals surface area contributed by atoms with E-state index >= 15 is 0 Å². The lowest BCUT2D eigenvalue weighted by molar-refractivity contribution is 0.340. The summed E-state index contributed by atoms with van der Waals surface area (Å²) in [6, 6.07) is 4.50. The molecular weight excluding hydrogens is 247 g/mol. The molecule has 72 valence electrons. The molecule has 0 atom stereocenters. The van der Waals surface area contributed by atoms with Crippen LogP contribution in [0.4, 0.5) is 0 Å². The van der Waals surface area contributed by atoms with Gasteiger partial charge in [0.25, 0.3) is 0 Å². The molecule has 0 saturated heterocycles. The van der Waals surface area contributed by atoms with E-state index in [2.05, 4.69) is 0 Å². The second-order valence-electron chi connectivity index (χ2n) is 2.46. The Bertz CT molecular complexity index is 268. The van der Waals surface area contributed by atoms with E-state index in [1.807, 2.05) is 19.1 Å². The Morgan fingerprint density at radius 3 is 2.08 bits per heavy atom. The van der Waals surface area contributed by atoms with Gasteiger partial charge in [-0.1, -0.05) is 12.1 Å². The van der Waals surface area contributed by atoms with Gasteiger partial charge in [-0.25, -0.2) is 0 Å². The Kier molecular flexibility index (Phi) is 3.92. The summed E-state index contributed by atoms with van der Waals surface area (Å²) in [7, 11) is 0. The molecule has 0 amide bonds. The normalized spacial score (nSPS) is 11.4. The van der Waals surface area contributed by atoms with Gasteiger partial charge in [-0.05, 0) is 24.2 Å². The van der Waals surface area contributed by atoms with Gasteiger partial charge >= 0.3 is 6.00 Å². The van der Waals surface area contributed by atoms with Crippen LogP contribution in [-0.2, 0) is 0 Å². The lowest BCUT2D eigenvalue weighted by atomic mass is 10.3. The van der Waals surface area contributed by atoms with Gasteiger partial charge in [0.1, 0.15) is 5.75 Å². The minimum atomic E-state index is -2.72. The summed E-state index contributed by atoms with van der Waals surface area (Å²) in [5.74, 6) is 0.800. The molecular formula is C8H9Cl3OSi. The Labute approximate surface area is 92.7 Å². The van der Waals surface area contributed by atoms with E-state index in [-0.39, 0.29) is 0 Å². The molecule has 1 aromatic carbocycles. The van der Waals surface area contributed by atoms with Crippen LogP contribution in [0.25, 0.3) is 0 Å². The minimum Gasteiger partial charge on any atom is -0.494 e. The monoisotopic (exact) mass is 254 g/mol. The molecule has 1 aromatic rings. The molecule has 1 nitrogen and oxygen atoms in total. The molecule has 0 saturated carbocycles. The number of ether oxygens (including phenoxy) is 1. The fraction of sp³-hybridized carbons (Fsp3) is 0.250. The van der Waals surface area contributed by atoms with E-state index in [1.165, 1.54) is 0 Å². The average Bonchev–Trinajstić information content (AvgIpc) is 2.04. The number of halogens is 3. The maximum atomic E-state index is 5.82. The van der Waals surface area contributed by atoms with Gasteiger partial charge in [0, 0.05) is 0 Å². The summed E-state index contributed by atoms with van der Waals surface area (Å²) in [4.78, 5) is 0. The van der Waals surface area contributed by atoms with Crippen molar-refractivity contribution in [3.63, 3.8) is 0 Å². The van der Waals surface area contributed by atoms with Crippen molar-refractivity contribution in [3.05, 3.63) is 24.3 Å². The van der Waals surface area contributed by atoms with Crippen LogP contribution in [0.5, 0.6) is 5.75 Å². The standard InChI is InChI=1S/C8H9Cl3OSi/c1-2-12-7-3-5-8(6-4-7)13(9,10)11/h3-6H,2H2,1H3. The van der Waals surface area contributed by atoms with Crippen LogP contribution in [0.2, 0.25) is 0 Å². The van der Waals surface area contributed by atoms with Gasteiger partial charge < -0.3 is 4.74 Å². The van der Waals surface area contributed by atoms with E-state index < -0.39 is 6.00 Å². The van der Waals surface area contributed by atoms with Crippen molar-refractivity contribution < 1.29 is 4.74 Å². The molecule has 0 heterocycles. The first-order valence-corrected chi connectivity index (χ1v) is 8.87. The van der Waals surface area contributed by atoms with Crippen LogP contribution < -0.4 is 9.92 Å². The summed E-state index contributed by atoms with van der Waals surface area (Å²) >= 11 is 17.5. The number of hydrogen-bond donors (Lipinski definition) is 0. The van der Waals surface area contributed by atoms with E-state index in [0.717, 1.165) is 10.9 Å². The summed E-state index contributed by atoms with van der Waals surface area (Å²) in [6.07, 6.45) is 0. The summed E-state index contributed by atoms with van der Waals surface area (Å²) in [5, 5.41) is 0.779. The van der Waals surface area contributed by atoms with Crippen molar-refractivity contribution in [1.29, 1.82) is 0 Å². The molecule has 0 fully saturated rings. The lowest BCUT2D eigenvalue weighted by Gasteiger charge is -2.08. The maximum Gasteiger partial charge on any atom is 0.372 e. The third-order valence-electron chi connectivity index (χ3n) is 1.49. The molecule has 1 rings (SSSR count). The molecule has 13 heavy (non-hydrogen) atoms. The van der Waals surface area contributed by atoms with Gasteiger partial charge in [0.15, 0.2) is 0 Å². The Balaban J connectivity index is 2.81. The Morgan fingerprint density at radius 1 is 1.15 bits per heavy atom. The highest BCUT2D eigenvalue weighted by atomic mass is 35.8. The fourth-order valence-corrected chi connectivity index (χ4v) is 2.59. The van der Waals surface area contributed by atoms with Gasteiger partial charge in [-0.2, -0.15) is 0 Å². The topological polar surface area (TPSA) is 9.23 Å².